The predicted octanol–water partition coefficient (Wildman–Crippen LogP) is 2.77. The summed E-state index contributed by atoms with van der Waals surface area (Å²) in [5.74, 6) is 0.732. The van der Waals surface area contributed by atoms with Crippen LogP contribution in [0.15, 0.2) is 12.7 Å². The highest BCUT2D eigenvalue weighted by Crippen LogP contribution is 2.25. The summed E-state index contributed by atoms with van der Waals surface area (Å²) in [7, 11) is 0. The quantitative estimate of drug-likeness (QED) is 0.556. The van der Waals surface area contributed by atoms with E-state index in [9.17, 15) is 0 Å². The highest BCUT2D eigenvalue weighted by atomic mass is 16.5. The molecule has 0 aromatic rings. The number of rotatable bonds is 2. The van der Waals surface area contributed by atoms with E-state index < -0.39 is 0 Å². The minimum Gasteiger partial charge on any atom is -0.375 e. The van der Waals surface area contributed by atoms with Crippen molar-refractivity contribution in [2.24, 2.45) is 5.92 Å². The van der Waals surface area contributed by atoms with Crippen LogP contribution in [0.1, 0.15) is 33.1 Å². The summed E-state index contributed by atoms with van der Waals surface area (Å²) in [6.07, 6.45) is 6.36. The summed E-state index contributed by atoms with van der Waals surface area (Å²) >= 11 is 0. The molecule has 0 aliphatic carbocycles. The molecule has 1 nitrogen and oxygen atoms in total. The Bertz CT molecular complexity index is 131. The van der Waals surface area contributed by atoms with Gasteiger partial charge in [-0.15, -0.1) is 6.58 Å². The highest BCUT2D eigenvalue weighted by Gasteiger charge is 2.23. The molecular weight excluding hydrogens is 136 g/mol. The molecule has 3 atom stereocenters. The van der Waals surface area contributed by atoms with Crippen LogP contribution in [0.4, 0.5) is 0 Å². The molecule has 64 valence electrons. The van der Waals surface area contributed by atoms with Crippen LogP contribution in [-0.2, 0) is 4.74 Å². The summed E-state index contributed by atoms with van der Waals surface area (Å²) in [6.45, 7) is 8.14. The number of hydrogen-bond donors (Lipinski definition) is 0. The standard InChI is InChI=1S/C10H18O/c1-4-5-10-7-6-8(2)9(3)11-10/h4,8-10H,1,5-7H2,2-3H3/t8-,9-,10+/m1/s1. The average molecular weight is 154 g/mol. The third-order valence-electron chi connectivity index (χ3n) is 2.58. The Kier molecular flexibility index (Phi) is 3.13. The lowest BCUT2D eigenvalue weighted by atomic mass is 9.93. The summed E-state index contributed by atoms with van der Waals surface area (Å²) in [5, 5.41) is 0. The summed E-state index contributed by atoms with van der Waals surface area (Å²) in [6, 6.07) is 0. The Morgan fingerprint density at radius 3 is 2.73 bits per heavy atom. The Balaban J connectivity index is 2.33. The van der Waals surface area contributed by atoms with Crippen LogP contribution in [0.3, 0.4) is 0 Å². The molecule has 11 heavy (non-hydrogen) atoms. The lowest BCUT2D eigenvalue weighted by molar-refractivity contribution is -0.0666. The van der Waals surface area contributed by atoms with Gasteiger partial charge in [-0.25, -0.2) is 0 Å². The zero-order valence-corrected chi connectivity index (χ0v) is 7.55. The second kappa shape index (κ2) is 3.91. The maximum Gasteiger partial charge on any atom is 0.0613 e. The fraction of sp³-hybridized carbons (Fsp3) is 0.800. The Hall–Kier alpha value is -0.300. The fourth-order valence-corrected chi connectivity index (χ4v) is 1.55. The van der Waals surface area contributed by atoms with E-state index in [1.807, 2.05) is 6.08 Å². The highest BCUT2D eigenvalue weighted by molar-refractivity contribution is 4.79. The molecule has 0 amide bonds. The fourth-order valence-electron chi connectivity index (χ4n) is 1.55. The molecule has 1 saturated heterocycles. The molecule has 0 bridgehead atoms. The van der Waals surface area contributed by atoms with E-state index in [2.05, 4.69) is 20.4 Å². The Labute approximate surface area is 69.4 Å². The first kappa shape index (κ1) is 8.79. The van der Waals surface area contributed by atoms with Crippen LogP contribution in [0.2, 0.25) is 0 Å². The van der Waals surface area contributed by atoms with Gasteiger partial charge in [0, 0.05) is 0 Å². The molecule has 0 aromatic carbocycles. The normalized spacial score (nSPS) is 38.5. The third kappa shape index (κ3) is 2.33. The Morgan fingerprint density at radius 2 is 2.18 bits per heavy atom. The van der Waals surface area contributed by atoms with Crippen LogP contribution >= 0.6 is 0 Å². The second-order valence-electron chi connectivity index (χ2n) is 3.54. The van der Waals surface area contributed by atoms with Gasteiger partial charge in [-0.05, 0) is 32.1 Å². The largest absolute Gasteiger partial charge is 0.375 e. The molecule has 1 fully saturated rings. The molecule has 1 heterocycles. The van der Waals surface area contributed by atoms with E-state index >= 15 is 0 Å². The van der Waals surface area contributed by atoms with E-state index in [0.717, 1.165) is 12.3 Å². The van der Waals surface area contributed by atoms with E-state index in [1.165, 1.54) is 12.8 Å². The van der Waals surface area contributed by atoms with Crippen LogP contribution in [0, 0.1) is 5.92 Å². The van der Waals surface area contributed by atoms with Gasteiger partial charge >= 0.3 is 0 Å². The SMILES string of the molecule is C=CC[C@H]1CC[C@@H](C)[C@@H](C)O1. The van der Waals surface area contributed by atoms with Crippen molar-refractivity contribution in [1.29, 1.82) is 0 Å². The van der Waals surface area contributed by atoms with Gasteiger partial charge in [0.25, 0.3) is 0 Å². The van der Waals surface area contributed by atoms with E-state index in [1.54, 1.807) is 0 Å². The molecular formula is C10H18O. The van der Waals surface area contributed by atoms with Crippen molar-refractivity contribution >= 4 is 0 Å². The van der Waals surface area contributed by atoms with Crippen molar-refractivity contribution in [1.82, 2.24) is 0 Å². The zero-order chi connectivity index (χ0) is 8.27. The van der Waals surface area contributed by atoms with Crippen molar-refractivity contribution in [2.75, 3.05) is 0 Å². The van der Waals surface area contributed by atoms with E-state index in [0.29, 0.717) is 12.2 Å². The van der Waals surface area contributed by atoms with Crippen molar-refractivity contribution < 1.29 is 4.74 Å². The molecule has 0 radical (unpaired) electrons. The molecule has 0 unspecified atom stereocenters. The molecule has 1 heteroatoms. The summed E-state index contributed by atoms with van der Waals surface area (Å²) in [4.78, 5) is 0. The van der Waals surface area contributed by atoms with Crippen LogP contribution in [-0.4, -0.2) is 12.2 Å². The topological polar surface area (TPSA) is 9.23 Å². The molecule has 0 N–H and O–H groups in total. The molecule has 0 aromatic heterocycles. The maximum absolute atomic E-state index is 5.77. The zero-order valence-electron chi connectivity index (χ0n) is 7.55. The van der Waals surface area contributed by atoms with Gasteiger partial charge in [-0.3, -0.25) is 0 Å². The predicted molar refractivity (Wildman–Crippen MR) is 47.5 cm³/mol. The maximum atomic E-state index is 5.77. The van der Waals surface area contributed by atoms with Gasteiger partial charge in [0.15, 0.2) is 0 Å². The van der Waals surface area contributed by atoms with Gasteiger partial charge in [-0.2, -0.15) is 0 Å². The minimum absolute atomic E-state index is 0.439. The Morgan fingerprint density at radius 1 is 1.45 bits per heavy atom. The lowest BCUT2D eigenvalue weighted by Crippen LogP contribution is -2.31. The van der Waals surface area contributed by atoms with Crippen molar-refractivity contribution in [3.63, 3.8) is 0 Å². The first-order valence-electron chi connectivity index (χ1n) is 4.50. The van der Waals surface area contributed by atoms with Gasteiger partial charge in [-0.1, -0.05) is 13.0 Å². The number of ether oxygens (including phenoxy) is 1. The van der Waals surface area contributed by atoms with Crippen LogP contribution in [0.25, 0.3) is 0 Å². The molecule has 1 rings (SSSR count). The average Bonchev–Trinajstić information content (AvgIpc) is 1.98. The molecule has 1 aliphatic heterocycles. The molecule has 0 spiro atoms. The van der Waals surface area contributed by atoms with Gasteiger partial charge < -0.3 is 4.74 Å². The summed E-state index contributed by atoms with van der Waals surface area (Å²) in [5.41, 5.74) is 0. The smallest absolute Gasteiger partial charge is 0.0613 e. The van der Waals surface area contributed by atoms with Gasteiger partial charge in [0.05, 0.1) is 12.2 Å². The summed E-state index contributed by atoms with van der Waals surface area (Å²) < 4.78 is 5.77. The van der Waals surface area contributed by atoms with E-state index in [-0.39, 0.29) is 0 Å². The van der Waals surface area contributed by atoms with Gasteiger partial charge in [0.1, 0.15) is 0 Å². The second-order valence-corrected chi connectivity index (χ2v) is 3.54. The van der Waals surface area contributed by atoms with Crippen molar-refractivity contribution in [2.45, 2.75) is 45.3 Å². The third-order valence-corrected chi connectivity index (χ3v) is 2.58. The van der Waals surface area contributed by atoms with Crippen LogP contribution in [0.5, 0.6) is 0 Å². The van der Waals surface area contributed by atoms with Crippen molar-refractivity contribution in [3.05, 3.63) is 12.7 Å². The lowest BCUT2D eigenvalue weighted by Gasteiger charge is -2.32. The monoisotopic (exact) mass is 154 g/mol. The van der Waals surface area contributed by atoms with E-state index in [4.69, 9.17) is 4.74 Å². The van der Waals surface area contributed by atoms with Crippen LogP contribution < -0.4 is 0 Å². The minimum atomic E-state index is 0.439. The molecule has 0 saturated carbocycles. The van der Waals surface area contributed by atoms with Gasteiger partial charge in [0.2, 0.25) is 0 Å². The first-order chi connectivity index (χ1) is 5.24. The van der Waals surface area contributed by atoms with Crippen molar-refractivity contribution in [3.8, 4) is 0 Å². The first-order valence-corrected chi connectivity index (χ1v) is 4.50. The number of hydrogen-bond acceptors (Lipinski definition) is 1. The molecule has 1 aliphatic rings.